The van der Waals surface area contributed by atoms with Crippen LogP contribution in [0.5, 0.6) is 17.2 Å². The van der Waals surface area contributed by atoms with Gasteiger partial charge in [-0.1, -0.05) is 29.3 Å². The Labute approximate surface area is 185 Å². The molecule has 2 aromatic rings. The van der Waals surface area contributed by atoms with E-state index < -0.39 is 6.04 Å². The summed E-state index contributed by atoms with van der Waals surface area (Å²) in [4.78, 5) is 26.5. The Balaban J connectivity index is 2.21. The van der Waals surface area contributed by atoms with Crippen molar-refractivity contribution in [1.29, 1.82) is 0 Å². The first-order valence-corrected chi connectivity index (χ1v) is 9.85. The summed E-state index contributed by atoms with van der Waals surface area (Å²) in [5.74, 6) is 0.757. The lowest BCUT2D eigenvalue weighted by atomic mass is 10.1. The van der Waals surface area contributed by atoms with Crippen molar-refractivity contribution >= 4 is 35.0 Å². The van der Waals surface area contributed by atoms with Gasteiger partial charge in [-0.3, -0.25) is 9.59 Å². The van der Waals surface area contributed by atoms with E-state index in [1.54, 1.807) is 43.3 Å². The number of nitrogens with zero attached hydrogens (tertiary/aromatic N) is 1. The van der Waals surface area contributed by atoms with Crippen LogP contribution in [0.25, 0.3) is 0 Å². The van der Waals surface area contributed by atoms with E-state index in [9.17, 15) is 9.59 Å². The van der Waals surface area contributed by atoms with Gasteiger partial charge in [-0.25, -0.2) is 0 Å². The molecule has 7 nitrogen and oxygen atoms in total. The SMILES string of the molecule is CNC(=O)C(C)N(Cc1ccc(Cl)cc1Cl)C(=O)COc1cc(OC)cc(OC)c1. The minimum Gasteiger partial charge on any atom is -0.496 e. The van der Waals surface area contributed by atoms with Gasteiger partial charge in [0.05, 0.1) is 14.2 Å². The van der Waals surface area contributed by atoms with Crippen molar-refractivity contribution in [3.8, 4) is 17.2 Å². The van der Waals surface area contributed by atoms with Gasteiger partial charge in [0.2, 0.25) is 5.91 Å². The minimum atomic E-state index is -0.738. The standard InChI is InChI=1S/C21H24Cl2N2O5/c1-13(21(27)24-2)25(11-14-5-6-15(22)7-19(14)23)20(26)12-30-18-9-16(28-3)8-17(10-18)29-4/h5-10,13H,11-12H2,1-4H3,(H,24,27). The van der Waals surface area contributed by atoms with Crippen molar-refractivity contribution in [3.63, 3.8) is 0 Å². The number of carbonyl (C=O) groups excluding carboxylic acids is 2. The molecule has 0 spiro atoms. The van der Waals surface area contributed by atoms with E-state index >= 15 is 0 Å². The predicted molar refractivity (Wildman–Crippen MR) is 116 cm³/mol. The second-order valence-corrected chi connectivity index (χ2v) is 7.23. The van der Waals surface area contributed by atoms with Crippen molar-refractivity contribution in [2.45, 2.75) is 19.5 Å². The number of methoxy groups -OCH3 is 2. The molecule has 0 saturated heterocycles. The second-order valence-electron chi connectivity index (χ2n) is 6.38. The summed E-state index contributed by atoms with van der Waals surface area (Å²) in [5.41, 5.74) is 0.660. The van der Waals surface area contributed by atoms with Gasteiger partial charge < -0.3 is 24.4 Å². The first-order valence-electron chi connectivity index (χ1n) is 9.10. The zero-order chi connectivity index (χ0) is 22.3. The third kappa shape index (κ3) is 6.18. The van der Waals surface area contributed by atoms with Crippen LogP contribution in [0.2, 0.25) is 10.0 Å². The molecular weight excluding hydrogens is 431 g/mol. The summed E-state index contributed by atoms with van der Waals surface area (Å²) in [6, 6.07) is 9.21. The molecule has 0 saturated carbocycles. The van der Waals surface area contributed by atoms with Gasteiger partial charge in [0.25, 0.3) is 5.91 Å². The van der Waals surface area contributed by atoms with Gasteiger partial charge in [-0.15, -0.1) is 0 Å². The molecule has 0 aliphatic rings. The Bertz CT molecular complexity index is 885. The highest BCUT2D eigenvalue weighted by atomic mass is 35.5. The maximum atomic E-state index is 13.0. The largest absolute Gasteiger partial charge is 0.496 e. The molecule has 2 aromatic carbocycles. The molecule has 9 heteroatoms. The van der Waals surface area contributed by atoms with Crippen LogP contribution in [0.3, 0.4) is 0 Å². The van der Waals surface area contributed by atoms with Crippen LogP contribution in [-0.4, -0.2) is 50.6 Å². The molecule has 0 bridgehead atoms. The molecule has 0 aliphatic heterocycles. The van der Waals surface area contributed by atoms with Gasteiger partial charge >= 0.3 is 0 Å². The van der Waals surface area contributed by atoms with E-state index in [1.807, 2.05) is 0 Å². The Kier molecular flexibility index (Phi) is 8.62. The monoisotopic (exact) mass is 454 g/mol. The summed E-state index contributed by atoms with van der Waals surface area (Å²) in [7, 11) is 4.55. The number of rotatable bonds is 9. The Morgan fingerprint density at radius 2 is 1.63 bits per heavy atom. The third-order valence-corrected chi connectivity index (χ3v) is 5.04. The molecule has 0 radical (unpaired) electrons. The van der Waals surface area contributed by atoms with Gasteiger partial charge in [0.1, 0.15) is 23.3 Å². The lowest BCUT2D eigenvalue weighted by molar-refractivity contribution is -0.142. The second kappa shape index (κ2) is 10.9. The summed E-state index contributed by atoms with van der Waals surface area (Å²) >= 11 is 12.2. The summed E-state index contributed by atoms with van der Waals surface area (Å²) in [5, 5.41) is 3.44. The van der Waals surface area contributed by atoms with Gasteiger partial charge in [-0.05, 0) is 24.6 Å². The van der Waals surface area contributed by atoms with Crippen LogP contribution >= 0.6 is 23.2 Å². The molecule has 0 aromatic heterocycles. The fourth-order valence-electron chi connectivity index (χ4n) is 2.72. The van der Waals surface area contributed by atoms with Crippen LogP contribution in [0.1, 0.15) is 12.5 Å². The lowest BCUT2D eigenvalue weighted by Gasteiger charge is -2.28. The molecule has 0 fully saturated rings. The van der Waals surface area contributed by atoms with E-state index in [4.69, 9.17) is 37.4 Å². The number of likely N-dealkylation sites (N-methyl/N-ethyl adjacent to an activating group) is 1. The molecule has 0 aliphatic carbocycles. The van der Waals surface area contributed by atoms with E-state index in [0.717, 1.165) is 0 Å². The molecule has 1 atom stereocenters. The number of nitrogens with one attached hydrogen (secondary N) is 1. The molecule has 2 amide bonds. The van der Waals surface area contributed by atoms with Gasteiger partial charge in [0.15, 0.2) is 6.61 Å². The van der Waals surface area contributed by atoms with Crippen molar-refractivity contribution in [2.75, 3.05) is 27.9 Å². The Hall–Kier alpha value is -2.64. The van der Waals surface area contributed by atoms with Crippen molar-refractivity contribution < 1.29 is 23.8 Å². The van der Waals surface area contributed by atoms with Crippen molar-refractivity contribution in [2.24, 2.45) is 0 Å². The molecule has 162 valence electrons. The average Bonchev–Trinajstić information content (AvgIpc) is 2.75. The van der Waals surface area contributed by atoms with E-state index in [2.05, 4.69) is 5.32 Å². The third-order valence-electron chi connectivity index (χ3n) is 4.46. The number of hydrogen-bond acceptors (Lipinski definition) is 5. The Morgan fingerprint density at radius 3 is 2.17 bits per heavy atom. The molecule has 1 unspecified atom stereocenters. The highest BCUT2D eigenvalue weighted by molar-refractivity contribution is 6.35. The van der Waals surface area contributed by atoms with Gasteiger partial charge in [-0.2, -0.15) is 0 Å². The summed E-state index contributed by atoms with van der Waals surface area (Å²) < 4.78 is 16.1. The first kappa shape index (κ1) is 23.6. The van der Waals surface area contributed by atoms with Crippen LogP contribution in [0.15, 0.2) is 36.4 Å². The number of hydrogen-bond donors (Lipinski definition) is 1. The van der Waals surface area contributed by atoms with E-state index in [0.29, 0.717) is 32.9 Å². The summed E-state index contributed by atoms with van der Waals surface area (Å²) in [6.45, 7) is 1.46. The van der Waals surface area contributed by atoms with E-state index in [1.165, 1.54) is 26.2 Å². The number of amides is 2. The molecule has 2 rings (SSSR count). The summed E-state index contributed by atoms with van der Waals surface area (Å²) in [6.07, 6.45) is 0. The zero-order valence-electron chi connectivity index (χ0n) is 17.2. The van der Waals surface area contributed by atoms with Gasteiger partial charge in [0, 0.05) is 41.8 Å². The number of ether oxygens (including phenoxy) is 3. The number of benzene rings is 2. The fraction of sp³-hybridized carbons (Fsp3) is 0.333. The molecule has 0 heterocycles. The maximum absolute atomic E-state index is 13.0. The van der Waals surface area contributed by atoms with Crippen molar-refractivity contribution in [1.82, 2.24) is 10.2 Å². The van der Waals surface area contributed by atoms with E-state index in [-0.39, 0.29) is 25.0 Å². The molecule has 1 N–H and O–H groups in total. The predicted octanol–water partition coefficient (Wildman–Crippen LogP) is 3.55. The fourth-order valence-corrected chi connectivity index (χ4v) is 3.19. The molecular formula is C21H24Cl2N2O5. The zero-order valence-corrected chi connectivity index (χ0v) is 18.7. The highest BCUT2D eigenvalue weighted by Crippen LogP contribution is 2.28. The highest BCUT2D eigenvalue weighted by Gasteiger charge is 2.26. The average molecular weight is 455 g/mol. The number of halogens is 2. The van der Waals surface area contributed by atoms with Crippen LogP contribution in [-0.2, 0) is 16.1 Å². The quantitative estimate of drug-likeness (QED) is 0.626. The normalized spacial score (nSPS) is 11.4. The number of carbonyl (C=O) groups is 2. The van der Waals surface area contributed by atoms with Crippen LogP contribution in [0.4, 0.5) is 0 Å². The minimum absolute atomic E-state index is 0.119. The first-order chi connectivity index (χ1) is 14.3. The lowest BCUT2D eigenvalue weighted by Crippen LogP contribution is -2.48. The smallest absolute Gasteiger partial charge is 0.261 e. The Morgan fingerprint density at radius 1 is 1.03 bits per heavy atom. The van der Waals surface area contributed by atoms with Crippen LogP contribution < -0.4 is 19.5 Å². The molecule has 30 heavy (non-hydrogen) atoms. The van der Waals surface area contributed by atoms with Crippen LogP contribution in [0, 0.1) is 0 Å². The maximum Gasteiger partial charge on any atom is 0.261 e. The van der Waals surface area contributed by atoms with Crippen molar-refractivity contribution in [3.05, 3.63) is 52.0 Å². The topological polar surface area (TPSA) is 77.1 Å².